The van der Waals surface area contributed by atoms with Crippen LogP contribution in [0.1, 0.15) is 29.7 Å². The van der Waals surface area contributed by atoms with Gasteiger partial charge in [-0.2, -0.15) is 0 Å². The molecule has 0 saturated heterocycles. The molecular formula is C16H18FN. The molecule has 18 heavy (non-hydrogen) atoms. The van der Waals surface area contributed by atoms with E-state index >= 15 is 0 Å². The first-order chi connectivity index (χ1) is 8.66. The van der Waals surface area contributed by atoms with E-state index in [2.05, 4.69) is 24.4 Å². The van der Waals surface area contributed by atoms with Gasteiger partial charge in [-0.05, 0) is 42.7 Å². The number of nitrogens with one attached hydrogen (secondary N) is 1. The first kappa shape index (κ1) is 12.8. The minimum atomic E-state index is -0.176. The van der Waals surface area contributed by atoms with Crippen molar-refractivity contribution in [1.29, 1.82) is 0 Å². The Hall–Kier alpha value is -1.67. The lowest BCUT2D eigenvalue weighted by Crippen LogP contribution is -2.18. The average molecular weight is 243 g/mol. The van der Waals surface area contributed by atoms with E-state index in [4.69, 9.17) is 0 Å². The second kappa shape index (κ2) is 5.78. The van der Waals surface area contributed by atoms with Crippen molar-refractivity contribution in [1.82, 2.24) is 5.32 Å². The molecule has 0 saturated carbocycles. The molecule has 0 aromatic heterocycles. The summed E-state index contributed by atoms with van der Waals surface area (Å²) >= 11 is 0. The van der Waals surface area contributed by atoms with Crippen LogP contribution >= 0.6 is 0 Å². The molecular weight excluding hydrogens is 225 g/mol. The topological polar surface area (TPSA) is 12.0 Å². The highest BCUT2D eigenvalue weighted by atomic mass is 19.1. The molecule has 0 aliphatic heterocycles. The van der Waals surface area contributed by atoms with Gasteiger partial charge in [0.2, 0.25) is 0 Å². The molecule has 0 radical (unpaired) electrons. The van der Waals surface area contributed by atoms with Crippen LogP contribution in [0, 0.1) is 12.7 Å². The monoisotopic (exact) mass is 243 g/mol. The van der Waals surface area contributed by atoms with E-state index in [-0.39, 0.29) is 11.9 Å². The summed E-state index contributed by atoms with van der Waals surface area (Å²) < 4.78 is 13.2. The normalized spacial score (nSPS) is 12.4. The van der Waals surface area contributed by atoms with Gasteiger partial charge in [-0.3, -0.25) is 0 Å². The standard InChI is InChI=1S/C16H18FN/c1-12-8-9-16(17)10-15(12)11-18-13(2)14-6-4-3-5-7-14/h3-10,13,18H,11H2,1-2H3/t13-/m0/s1. The van der Waals surface area contributed by atoms with Crippen LogP contribution in [0.4, 0.5) is 4.39 Å². The van der Waals surface area contributed by atoms with E-state index < -0.39 is 0 Å². The molecule has 0 spiro atoms. The van der Waals surface area contributed by atoms with Crippen molar-refractivity contribution in [3.05, 3.63) is 71.0 Å². The average Bonchev–Trinajstić information content (AvgIpc) is 2.40. The zero-order valence-electron chi connectivity index (χ0n) is 10.8. The maximum atomic E-state index is 13.2. The highest BCUT2D eigenvalue weighted by Crippen LogP contribution is 2.14. The van der Waals surface area contributed by atoms with Gasteiger partial charge in [-0.15, -0.1) is 0 Å². The molecule has 1 N–H and O–H groups in total. The van der Waals surface area contributed by atoms with Crippen LogP contribution in [-0.2, 0) is 6.54 Å². The Kier molecular flexibility index (Phi) is 4.11. The summed E-state index contributed by atoms with van der Waals surface area (Å²) in [6.45, 7) is 4.80. The molecule has 2 aromatic rings. The number of halogens is 1. The molecule has 0 fully saturated rings. The minimum Gasteiger partial charge on any atom is -0.306 e. The molecule has 0 heterocycles. The summed E-state index contributed by atoms with van der Waals surface area (Å²) in [7, 11) is 0. The molecule has 2 rings (SSSR count). The summed E-state index contributed by atoms with van der Waals surface area (Å²) in [5, 5.41) is 3.42. The van der Waals surface area contributed by atoms with Crippen molar-refractivity contribution in [2.75, 3.05) is 0 Å². The van der Waals surface area contributed by atoms with Crippen LogP contribution in [0.15, 0.2) is 48.5 Å². The molecule has 0 aliphatic rings. The first-order valence-electron chi connectivity index (χ1n) is 6.20. The van der Waals surface area contributed by atoms with Crippen molar-refractivity contribution in [3.8, 4) is 0 Å². The lowest BCUT2D eigenvalue weighted by atomic mass is 10.1. The summed E-state index contributed by atoms with van der Waals surface area (Å²) in [5.41, 5.74) is 3.37. The van der Waals surface area contributed by atoms with E-state index in [9.17, 15) is 4.39 Å². The Labute approximate surface area is 108 Å². The van der Waals surface area contributed by atoms with Crippen molar-refractivity contribution < 1.29 is 4.39 Å². The smallest absolute Gasteiger partial charge is 0.123 e. The van der Waals surface area contributed by atoms with Crippen molar-refractivity contribution in [3.63, 3.8) is 0 Å². The molecule has 0 aliphatic carbocycles. The van der Waals surface area contributed by atoms with Gasteiger partial charge in [0.1, 0.15) is 5.82 Å². The van der Waals surface area contributed by atoms with Crippen molar-refractivity contribution in [2.24, 2.45) is 0 Å². The van der Waals surface area contributed by atoms with Gasteiger partial charge in [0.25, 0.3) is 0 Å². The third-order valence-electron chi connectivity index (χ3n) is 3.21. The van der Waals surface area contributed by atoms with E-state index in [0.29, 0.717) is 6.54 Å². The molecule has 94 valence electrons. The van der Waals surface area contributed by atoms with Gasteiger partial charge in [-0.1, -0.05) is 36.4 Å². The predicted octanol–water partition coefficient (Wildman–Crippen LogP) is 3.98. The second-order valence-electron chi connectivity index (χ2n) is 4.58. The van der Waals surface area contributed by atoms with Crippen LogP contribution in [-0.4, -0.2) is 0 Å². The SMILES string of the molecule is Cc1ccc(F)cc1CN[C@@H](C)c1ccccc1. The Bertz CT molecular complexity index is 508. The summed E-state index contributed by atoms with van der Waals surface area (Å²) in [4.78, 5) is 0. The van der Waals surface area contributed by atoms with E-state index in [1.54, 1.807) is 6.07 Å². The van der Waals surface area contributed by atoms with E-state index in [1.807, 2.05) is 31.2 Å². The van der Waals surface area contributed by atoms with Crippen LogP contribution < -0.4 is 5.32 Å². The molecule has 1 nitrogen and oxygen atoms in total. The third kappa shape index (κ3) is 3.17. The zero-order chi connectivity index (χ0) is 13.0. The highest BCUT2D eigenvalue weighted by Gasteiger charge is 2.05. The fourth-order valence-corrected chi connectivity index (χ4v) is 1.95. The quantitative estimate of drug-likeness (QED) is 0.856. The third-order valence-corrected chi connectivity index (χ3v) is 3.21. The van der Waals surface area contributed by atoms with Gasteiger partial charge >= 0.3 is 0 Å². The highest BCUT2D eigenvalue weighted by molar-refractivity contribution is 5.27. The molecule has 1 atom stereocenters. The fourth-order valence-electron chi connectivity index (χ4n) is 1.95. The Morgan fingerprint density at radius 3 is 2.56 bits per heavy atom. The van der Waals surface area contributed by atoms with Gasteiger partial charge in [-0.25, -0.2) is 4.39 Å². The lowest BCUT2D eigenvalue weighted by Gasteiger charge is -2.15. The first-order valence-corrected chi connectivity index (χ1v) is 6.20. The summed E-state index contributed by atoms with van der Waals surface area (Å²) in [6, 6.07) is 15.4. The van der Waals surface area contributed by atoms with Crippen LogP contribution in [0.5, 0.6) is 0 Å². The van der Waals surface area contributed by atoms with Crippen LogP contribution in [0.25, 0.3) is 0 Å². The zero-order valence-corrected chi connectivity index (χ0v) is 10.8. The number of rotatable bonds is 4. The Balaban J connectivity index is 2.01. The summed E-state index contributed by atoms with van der Waals surface area (Å²) in [5.74, 6) is -0.176. The van der Waals surface area contributed by atoms with Gasteiger partial charge in [0.15, 0.2) is 0 Å². The number of hydrogen-bond acceptors (Lipinski definition) is 1. The maximum Gasteiger partial charge on any atom is 0.123 e. The lowest BCUT2D eigenvalue weighted by molar-refractivity contribution is 0.567. The van der Waals surface area contributed by atoms with E-state index in [0.717, 1.165) is 11.1 Å². The summed E-state index contributed by atoms with van der Waals surface area (Å²) in [6.07, 6.45) is 0. The molecule has 0 bridgehead atoms. The number of aryl methyl sites for hydroxylation is 1. The van der Waals surface area contributed by atoms with Crippen LogP contribution in [0.3, 0.4) is 0 Å². The van der Waals surface area contributed by atoms with Gasteiger partial charge in [0, 0.05) is 12.6 Å². The Morgan fingerprint density at radius 2 is 1.83 bits per heavy atom. The molecule has 0 amide bonds. The van der Waals surface area contributed by atoms with Gasteiger partial charge < -0.3 is 5.32 Å². The van der Waals surface area contributed by atoms with Crippen molar-refractivity contribution >= 4 is 0 Å². The molecule has 2 aromatic carbocycles. The largest absolute Gasteiger partial charge is 0.306 e. The minimum absolute atomic E-state index is 0.176. The maximum absolute atomic E-state index is 13.2. The predicted molar refractivity (Wildman–Crippen MR) is 72.8 cm³/mol. The number of hydrogen-bond donors (Lipinski definition) is 1. The van der Waals surface area contributed by atoms with Crippen LogP contribution in [0.2, 0.25) is 0 Å². The van der Waals surface area contributed by atoms with Crippen molar-refractivity contribution in [2.45, 2.75) is 26.4 Å². The number of benzene rings is 2. The molecule has 0 unspecified atom stereocenters. The van der Waals surface area contributed by atoms with E-state index in [1.165, 1.54) is 11.6 Å². The molecule has 2 heteroatoms. The second-order valence-corrected chi connectivity index (χ2v) is 4.58. The van der Waals surface area contributed by atoms with Gasteiger partial charge in [0.05, 0.1) is 0 Å². The fraction of sp³-hybridized carbons (Fsp3) is 0.250. The Morgan fingerprint density at radius 1 is 1.11 bits per heavy atom.